The standard InChI is InChI=1S/C26H41N3O4/c1-19(28(8)24(31)33-26(5,6)7)10-9-11-20-14-22(17-27-16-20)32-21-12-13-29(18-21)23(30)15-25(2,3)4/h9,11,14,16-17,19,21H,10,12-13,15,18H2,1-8H3/b11-9+/t19-,21+/m0/s1. The van der Waals surface area contributed by atoms with Gasteiger partial charge in [0.1, 0.15) is 17.5 Å². The maximum absolute atomic E-state index is 12.5. The van der Waals surface area contributed by atoms with E-state index in [0.717, 1.165) is 18.5 Å². The Balaban J connectivity index is 1.86. The molecule has 7 nitrogen and oxygen atoms in total. The van der Waals surface area contributed by atoms with Crippen molar-refractivity contribution in [3.05, 3.63) is 30.1 Å². The highest BCUT2D eigenvalue weighted by atomic mass is 16.6. The second kappa shape index (κ2) is 11.0. The van der Waals surface area contributed by atoms with Gasteiger partial charge in [-0.05, 0) is 51.2 Å². The van der Waals surface area contributed by atoms with Crippen molar-refractivity contribution >= 4 is 18.1 Å². The Kier molecular flexibility index (Phi) is 8.92. The van der Waals surface area contributed by atoms with Crippen molar-refractivity contribution in [3.63, 3.8) is 0 Å². The molecule has 0 saturated carbocycles. The van der Waals surface area contributed by atoms with Gasteiger partial charge < -0.3 is 19.3 Å². The Labute approximate surface area is 199 Å². The first kappa shape index (κ1) is 26.7. The number of hydrogen-bond acceptors (Lipinski definition) is 5. The van der Waals surface area contributed by atoms with E-state index in [9.17, 15) is 9.59 Å². The second-order valence-electron chi connectivity index (χ2n) is 11.1. The molecule has 1 aliphatic rings. The van der Waals surface area contributed by atoms with Crippen LogP contribution in [-0.2, 0) is 9.53 Å². The lowest BCUT2D eigenvalue weighted by Gasteiger charge is -2.28. The molecular weight excluding hydrogens is 418 g/mol. The van der Waals surface area contributed by atoms with E-state index in [4.69, 9.17) is 9.47 Å². The highest BCUT2D eigenvalue weighted by molar-refractivity contribution is 5.77. The number of pyridine rings is 1. The SMILES string of the molecule is C[C@@H](C/C=C/c1cncc(O[C@@H]2CCN(C(=O)CC(C)(C)C)C2)c1)N(C)C(=O)OC(C)(C)C. The first-order valence-corrected chi connectivity index (χ1v) is 11.8. The van der Waals surface area contributed by atoms with Crippen LogP contribution in [0.5, 0.6) is 5.75 Å². The number of amides is 2. The lowest BCUT2D eigenvalue weighted by atomic mass is 9.92. The fraction of sp³-hybridized carbons (Fsp3) is 0.654. The van der Waals surface area contributed by atoms with Crippen LogP contribution in [0.25, 0.3) is 6.08 Å². The third-order valence-corrected chi connectivity index (χ3v) is 5.35. The van der Waals surface area contributed by atoms with Gasteiger partial charge in [-0.25, -0.2) is 4.79 Å². The molecule has 0 radical (unpaired) electrons. The number of hydrogen-bond donors (Lipinski definition) is 0. The quantitative estimate of drug-likeness (QED) is 0.563. The maximum atomic E-state index is 12.5. The Morgan fingerprint density at radius 3 is 2.58 bits per heavy atom. The molecule has 0 spiro atoms. The number of ether oxygens (including phenoxy) is 2. The highest BCUT2D eigenvalue weighted by Gasteiger charge is 2.29. The molecule has 33 heavy (non-hydrogen) atoms. The van der Waals surface area contributed by atoms with E-state index in [0.29, 0.717) is 25.1 Å². The summed E-state index contributed by atoms with van der Waals surface area (Å²) >= 11 is 0. The second-order valence-corrected chi connectivity index (χ2v) is 11.1. The van der Waals surface area contributed by atoms with Crippen LogP contribution in [0.3, 0.4) is 0 Å². The van der Waals surface area contributed by atoms with Gasteiger partial charge in [-0.15, -0.1) is 0 Å². The zero-order valence-corrected chi connectivity index (χ0v) is 21.6. The summed E-state index contributed by atoms with van der Waals surface area (Å²) in [5.74, 6) is 0.889. The van der Waals surface area contributed by atoms with E-state index in [-0.39, 0.29) is 29.6 Å². The van der Waals surface area contributed by atoms with Gasteiger partial charge in [0, 0.05) is 38.7 Å². The summed E-state index contributed by atoms with van der Waals surface area (Å²) in [4.78, 5) is 32.5. The predicted octanol–water partition coefficient (Wildman–Crippen LogP) is 5.16. The number of carbonyl (C=O) groups excluding carboxylic acids is 2. The topological polar surface area (TPSA) is 72.0 Å². The molecule has 0 unspecified atom stereocenters. The molecular formula is C26H41N3O4. The van der Waals surface area contributed by atoms with Crippen molar-refractivity contribution in [1.29, 1.82) is 0 Å². The van der Waals surface area contributed by atoms with Crippen molar-refractivity contribution in [2.45, 2.75) is 85.5 Å². The van der Waals surface area contributed by atoms with E-state index in [1.165, 1.54) is 0 Å². The lowest BCUT2D eigenvalue weighted by molar-refractivity contribution is -0.132. The minimum Gasteiger partial charge on any atom is -0.487 e. The van der Waals surface area contributed by atoms with Gasteiger partial charge in [-0.1, -0.05) is 32.9 Å². The van der Waals surface area contributed by atoms with E-state index < -0.39 is 5.60 Å². The molecule has 2 amide bonds. The van der Waals surface area contributed by atoms with Crippen LogP contribution < -0.4 is 4.74 Å². The van der Waals surface area contributed by atoms with Crippen molar-refractivity contribution in [2.24, 2.45) is 5.41 Å². The van der Waals surface area contributed by atoms with Gasteiger partial charge >= 0.3 is 6.09 Å². The van der Waals surface area contributed by atoms with Crippen LogP contribution in [0.1, 0.15) is 73.3 Å². The summed E-state index contributed by atoms with van der Waals surface area (Å²) in [6, 6.07) is 1.95. The summed E-state index contributed by atoms with van der Waals surface area (Å²) in [6.07, 6.45) is 9.20. The largest absolute Gasteiger partial charge is 0.487 e. The Morgan fingerprint density at radius 1 is 1.24 bits per heavy atom. The number of carbonyl (C=O) groups is 2. The molecule has 1 fully saturated rings. The fourth-order valence-corrected chi connectivity index (χ4v) is 3.47. The van der Waals surface area contributed by atoms with Crippen LogP contribution in [0.4, 0.5) is 4.79 Å². The molecule has 2 rings (SSSR count). The molecule has 1 aromatic rings. The summed E-state index contributed by atoms with van der Waals surface area (Å²) in [7, 11) is 1.75. The van der Waals surface area contributed by atoms with Crippen LogP contribution >= 0.6 is 0 Å². The summed E-state index contributed by atoms with van der Waals surface area (Å²) in [5.41, 5.74) is 0.404. The molecule has 184 valence electrons. The molecule has 1 aromatic heterocycles. The van der Waals surface area contributed by atoms with Gasteiger partial charge in [0.25, 0.3) is 0 Å². The minimum atomic E-state index is -0.511. The number of likely N-dealkylation sites (tertiary alicyclic amines) is 1. The smallest absolute Gasteiger partial charge is 0.410 e. The minimum absolute atomic E-state index is 0.00130. The normalized spacial score (nSPS) is 17.8. The third-order valence-electron chi connectivity index (χ3n) is 5.35. The summed E-state index contributed by atoms with van der Waals surface area (Å²) in [6.45, 7) is 15.1. The summed E-state index contributed by atoms with van der Waals surface area (Å²) < 4.78 is 11.5. The molecule has 7 heteroatoms. The molecule has 0 aliphatic carbocycles. The first-order valence-electron chi connectivity index (χ1n) is 11.8. The Morgan fingerprint density at radius 2 is 1.94 bits per heavy atom. The highest BCUT2D eigenvalue weighted by Crippen LogP contribution is 2.24. The average Bonchev–Trinajstić information content (AvgIpc) is 3.13. The molecule has 0 N–H and O–H groups in total. The van der Waals surface area contributed by atoms with E-state index >= 15 is 0 Å². The molecule has 0 aromatic carbocycles. The zero-order chi connectivity index (χ0) is 24.8. The molecule has 2 heterocycles. The first-order chi connectivity index (χ1) is 15.2. The summed E-state index contributed by atoms with van der Waals surface area (Å²) in [5, 5.41) is 0. The van der Waals surface area contributed by atoms with Gasteiger partial charge in [0.2, 0.25) is 5.91 Å². The molecule has 1 saturated heterocycles. The van der Waals surface area contributed by atoms with Crippen molar-refractivity contribution in [3.8, 4) is 5.75 Å². The van der Waals surface area contributed by atoms with Gasteiger partial charge in [0.15, 0.2) is 0 Å². The Bertz CT molecular complexity index is 839. The van der Waals surface area contributed by atoms with Crippen molar-refractivity contribution in [1.82, 2.24) is 14.8 Å². The van der Waals surface area contributed by atoms with Crippen molar-refractivity contribution < 1.29 is 19.1 Å². The van der Waals surface area contributed by atoms with Crippen LogP contribution in [0.15, 0.2) is 24.5 Å². The Hall–Kier alpha value is -2.57. The maximum Gasteiger partial charge on any atom is 0.410 e. The van der Waals surface area contributed by atoms with Crippen LogP contribution in [0, 0.1) is 5.41 Å². The fourth-order valence-electron chi connectivity index (χ4n) is 3.47. The van der Waals surface area contributed by atoms with Gasteiger partial charge in [0.05, 0.1) is 12.7 Å². The monoisotopic (exact) mass is 459 g/mol. The van der Waals surface area contributed by atoms with Gasteiger partial charge in [-0.3, -0.25) is 9.78 Å². The molecule has 2 atom stereocenters. The van der Waals surface area contributed by atoms with E-state index in [1.807, 2.05) is 50.8 Å². The third kappa shape index (κ3) is 9.44. The van der Waals surface area contributed by atoms with Gasteiger partial charge in [-0.2, -0.15) is 0 Å². The lowest BCUT2D eigenvalue weighted by Crippen LogP contribution is -2.39. The van der Waals surface area contributed by atoms with Crippen LogP contribution in [-0.4, -0.2) is 64.7 Å². The van der Waals surface area contributed by atoms with E-state index in [1.54, 1.807) is 24.3 Å². The number of aromatic nitrogens is 1. The molecule has 0 bridgehead atoms. The number of rotatable bonds is 7. The average molecular weight is 460 g/mol. The number of nitrogens with zero attached hydrogens (tertiary/aromatic N) is 3. The van der Waals surface area contributed by atoms with Crippen molar-refractivity contribution in [2.75, 3.05) is 20.1 Å². The van der Waals surface area contributed by atoms with Crippen LogP contribution in [0.2, 0.25) is 0 Å². The predicted molar refractivity (Wildman–Crippen MR) is 131 cm³/mol. The zero-order valence-electron chi connectivity index (χ0n) is 21.6. The van der Waals surface area contributed by atoms with E-state index in [2.05, 4.69) is 25.8 Å². The molecule has 1 aliphatic heterocycles.